The molecule has 1 amide bonds. The van der Waals surface area contributed by atoms with E-state index in [0.717, 1.165) is 16.9 Å². The molecule has 1 N–H and O–H groups in total. The maximum absolute atomic E-state index is 12.6. The fourth-order valence-electron chi connectivity index (χ4n) is 3.14. The van der Waals surface area contributed by atoms with Crippen molar-refractivity contribution < 1.29 is 23.7 Å². The highest BCUT2D eigenvalue weighted by Crippen LogP contribution is 2.38. The van der Waals surface area contributed by atoms with Gasteiger partial charge in [-0.25, -0.2) is 0 Å². The van der Waals surface area contributed by atoms with Crippen LogP contribution in [-0.2, 0) is 11.2 Å². The Bertz CT molecular complexity index is 798. The molecule has 0 saturated heterocycles. The summed E-state index contributed by atoms with van der Waals surface area (Å²) in [6.45, 7) is 0.476. The summed E-state index contributed by atoms with van der Waals surface area (Å²) in [5.74, 6) is 2.26. The van der Waals surface area contributed by atoms with Gasteiger partial charge in [-0.15, -0.1) is 0 Å². The van der Waals surface area contributed by atoms with Crippen LogP contribution >= 0.6 is 0 Å². The van der Waals surface area contributed by atoms with Gasteiger partial charge < -0.3 is 29.2 Å². The predicted molar refractivity (Wildman–Crippen MR) is 112 cm³/mol. The molecule has 0 fully saturated rings. The van der Waals surface area contributed by atoms with Crippen molar-refractivity contribution in [3.63, 3.8) is 0 Å². The topological polar surface area (TPSA) is 69.3 Å². The van der Waals surface area contributed by atoms with E-state index < -0.39 is 0 Å². The van der Waals surface area contributed by atoms with Gasteiger partial charge in [-0.2, -0.15) is 0 Å². The Labute approximate surface area is 172 Å². The number of likely N-dealkylation sites (N-methyl/N-ethyl adjacent to an activating group) is 1. The van der Waals surface area contributed by atoms with Crippen molar-refractivity contribution in [2.24, 2.45) is 0 Å². The first-order valence-electron chi connectivity index (χ1n) is 9.29. The number of hydrogen-bond donors (Lipinski definition) is 1. The number of nitrogens with zero attached hydrogens (tertiary/aromatic N) is 1. The lowest BCUT2D eigenvalue weighted by atomic mass is 10.1. The molecule has 29 heavy (non-hydrogen) atoms. The Morgan fingerprint density at radius 2 is 1.62 bits per heavy atom. The highest BCUT2D eigenvalue weighted by molar-refractivity contribution is 5.79. The summed E-state index contributed by atoms with van der Waals surface area (Å²) in [6.07, 6.45) is 0.203. The molecule has 0 aliphatic rings. The summed E-state index contributed by atoms with van der Waals surface area (Å²) in [4.78, 5) is 14.6. The molecule has 2 aromatic rings. The van der Waals surface area contributed by atoms with Crippen LogP contribution in [0.15, 0.2) is 36.4 Å². The summed E-state index contributed by atoms with van der Waals surface area (Å²) in [5, 5.41) is 3.02. The van der Waals surface area contributed by atoms with Crippen LogP contribution in [0.4, 0.5) is 0 Å². The van der Waals surface area contributed by atoms with Crippen molar-refractivity contribution in [3.8, 4) is 23.0 Å². The van der Waals surface area contributed by atoms with Crippen LogP contribution in [0.5, 0.6) is 23.0 Å². The van der Waals surface area contributed by atoms with Gasteiger partial charge in [0.15, 0.2) is 11.5 Å². The summed E-state index contributed by atoms with van der Waals surface area (Å²) >= 11 is 0. The molecule has 0 unspecified atom stereocenters. The van der Waals surface area contributed by atoms with E-state index in [4.69, 9.17) is 18.9 Å². The van der Waals surface area contributed by atoms with E-state index in [-0.39, 0.29) is 18.4 Å². The number of nitrogens with one attached hydrogen (secondary N) is 1. The number of methoxy groups -OCH3 is 4. The van der Waals surface area contributed by atoms with Crippen LogP contribution in [0.1, 0.15) is 17.2 Å². The number of rotatable bonds is 10. The number of hydrogen-bond acceptors (Lipinski definition) is 6. The molecule has 2 aromatic carbocycles. The molecule has 7 heteroatoms. The number of amides is 1. The van der Waals surface area contributed by atoms with Gasteiger partial charge in [0, 0.05) is 6.54 Å². The Hall–Kier alpha value is -2.93. The van der Waals surface area contributed by atoms with Crippen LogP contribution in [0, 0.1) is 0 Å². The molecule has 0 radical (unpaired) electrons. The lowest BCUT2D eigenvalue weighted by Gasteiger charge is -2.25. The Kier molecular flexibility index (Phi) is 8.15. The number of carbonyl (C=O) groups is 1. The molecular weight excluding hydrogens is 372 g/mol. The van der Waals surface area contributed by atoms with Crippen molar-refractivity contribution >= 4 is 5.91 Å². The van der Waals surface area contributed by atoms with Gasteiger partial charge in [-0.05, 0) is 49.5 Å². The zero-order valence-electron chi connectivity index (χ0n) is 17.9. The maximum atomic E-state index is 12.6. The van der Waals surface area contributed by atoms with E-state index in [1.54, 1.807) is 40.6 Å². The minimum Gasteiger partial charge on any atom is -0.497 e. The van der Waals surface area contributed by atoms with Crippen LogP contribution in [0.3, 0.4) is 0 Å². The second-order valence-electron chi connectivity index (χ2n) is 6.77. The zero-order valence-corrected chi connectivity index (χ0v) is 17.9. The molecular formula is C22H30N2O5. The Morgan fingerprint density at radius 3 is 2.14 bits per heavy atom. The first kappa shape index (κ1) is 22.4. The van der Waals surface area contributed by atoms with Gasteiger partial charge in [-0.3, -0.25) is 4.79 Å². The van der Waals surface area contributed by atoms with Gasteiger partial charge in [0.2, 0.25) is 11.7 Å². The van der Waals surface area contributed by atoms with Crippen LogP contribution in [0.2, 0.25) is 0 Å². The molecule has 2 rings (SSSR count). The maximum Gasteiger partial charge on any atom is 0.224 e. The average Bonchev–Trinajstić information content (AvgIpc) is 2.72. The minimum absolute atomic E-state index is 0.0222. The Morgan fingerprint density at radius 1 is 0.966 bits per heavy atom. The molecule has 158 valence electrons. The highest BCUT2D eigenvalue weighted by atomic mass is 16.5. The zero-order chi connectivity index (χ0) is 21.4. The summed E-state index contributed by atoms with van der Waals surface area (Å²) in [7, 11) is 10.3. The first-order valence-corrected chi connectivity index (χ1v) is 9.29. The molecule has 0 aliphatic heterocycles. The molecule has 0 spiro atoms. The average molecular weight is 402 g/mol. The predicted octanol–water partition coefficient (Wildman–Crippen LogP) is 2.68. The van der Waals surface area contributed by atoms with Crippen LogP contribution < -0.4 is 24.3 Å². The summed E-state index contributed by atoms with van der Waals surface area (Å²) < 4.78 is 21.3. The second kappa shape index (κ2) is 10.6. The number of carbonyl (C=O) groups excluding carboxylic acids is 1. The van der Waals surface area contributed by atoms with E-state index >= 15 is 0 Å². The van der Waals surface area contributed by atoms with Gasteiger partial charge in [0.1, 0.15) is 5.75 Å². The second-order valence-corrected chi connectivity index (χ2v) is 6.77. The van der Waals surface area contributed by atoms with Crippen molar-refractivity contribution in [3.05, 3.63) is 47.5 Å². The standard InChI is InChI=1S/C22H30N2O5/c1-24(2)18(16-8-7-9-17(13-16)26-3)14-23-21(25)12-15-10-19(27-4)22(29-6)20(11-15)28-5/h7-11,13,18H,12,14H2,1-6H3,(H,23,25)/t18-/m0/s1. The van der Waals surface area contributed by atoms with Gasteiger partial charge in [0.05, 0.1) is 40.9 Å². The van der Waals surface area contributed by atoms with E-state index in [1.165, 1.54) is 0 Å². The van der Waals surface area contributed by atoms with E-state index in [0.29, 0.717) is 23.8 Å². The van der Waals surface area contributed by atoms with E-state index in [1.807, 2.05) is 38.4 Å². The van der Waals surface area contributed by atoms with Gasteiger partial charge in [-0.1, -0.05) is 12.1 Å². The van der Waals surface area contributed by atoms with Crippen LogP contribution in [0.25, 0.3) is 0 Å². The van der Waals surface area contributed by atoms with E-state index in [9.17, 15) is 4.79 Å². The minimum atomic E-state index is -0.0889. The van der Waals surface area contributed by atoms with Crippen molar-refractivity contribution in [2.45, 2.75) is 12.5 Å². The fraction of sp³-hybridized carbons (Fsp3) is 0.409. The lowest BCUT2D eigenvalue weighted by Crippen LogP contribution is -2.35. The Balaban J connectivity index is 2.09. The van der Waals surface area contributed by atoms with Crippen molar-refractivity contribution in [1.29, 1.82) is 0 Å². The monoisotopic (exact) mass is 402 g/mol. The molecule has 0 heterocycles. The number of benzene rings is 2. The fourth-order valence-corrected chi connectivity index (χ4v) is 3.14. The third kappa shape index (κ3) is 5.77. The molecule has 0 aliphatic carbocycles. The molecule has 0 saturated carbocycles. The lowest BCUT2D eigenvalue weighted by molar-refractivity contribution is -0.120. The van der Waals surface area contributed by atoms with Gasteiger partial charge in [0.25, 0.3) is 0 Å². The third-order valence-electron chi connectivity index (χ3n) is 4.68. The quantitative estimate of drug-likeness (QED) is 0.659. The first-order chi connectivity index (χ1) is 13.9. The summed E-state index contributed by atoms with van der Waals surface area (Å²) in [6, 6.07) is 11.4. The summed E-state index contributed by atoms with van der Waals surface area (Å²) in [5.41, 5.74) is 1.85. The SMILES string of the molecule is COc1cccc([C@H](CNC(=O)Cc2cc(OC)c(OC)c(OC)c2)N(C)C)c1. The van der Waals surface area contributed by atoms with Crippen molar-refractivity contribution in [1.82, 2.24) is 10.2 Å². The molecule has 1 atom stereocenters. The molecule has 7 nitrogen and oxygen atoms in total. The van der Waals surface area contributed by atoms with E-state index in [2.05, 4.69) is 10.2 Å². The number of ether oxygens (including phenoxy) is 4. The van der Waals surface area contributed by atoms with Crippen molar-refractivity contribution in [2.75, 3.05) is 49.1 Å². The highest BCUT2D eigenvalue weighted by Gasteiger charge is 2.18. The van der Waals surface area contributed by atoms with Gasteiger partial charge >= 0.3 is 0 Å². The largest absolute Gasteiger partial charge is 0.497 e. The molecule has 0 bridgehead atoms. The molecule has 0 aromatic heterocycles. The third-order valence-corrected chi connectivity index (χ3v) is 4.68. The smallest absolute Gasteiger partial charge is 0.224 e. The van der Waals surface area contributed by atoms with Crippen LogP contribution in [-0.4, -0.2) is 59.9 Å². The normalized spacial score (nSPS) is 11.7.